The van der Waals surface area contributed by atoms with Crippen LogP contribution in [0.1, 0.15) is 19.3 Å². The van der Waals surface area contributed by atoms with Gasteiger partial charge in [-0.05, 0) is 18.9 Å². The molecule has 0 aliphatic carbocycles. The van der Waals surface area contributed by atoms with E-state index in [1.54, 1.807) is 5.01 Å². The molecule has 7 nitrogen and oxygen atoms in total. The quantitative estimate of drug-likeness (QED) is 0.670. The molecule has 110 valence electrons. The zero-order valence-electron chi connectivity index (χ0n) is 10.6. The Kier molecular flexibility index (Phi) is 4.31. The highest BCUT2D eigenvalue weighted by atomic mass is 32.2. The maximum atomic E-state index is 13.5. The second kappa shape index (κ2) is 5.81. The summed E-state index contributed by atoms with van der Waals surface area (Å²) < 4.78 is 37.6. The van der Waals surface area contributed by atoms with Crippen molar-refractivity contribution in [1.82, 2.24) is 9.84 Å². The van der Waals surface area contributed by atoms with Gasteiger partial charge >= 0.3 is 5.69 Å². The Morgan fingerprint density at radius 2 is 1.90 bits per heavy atom. The summed E-state index contributed by atoms with van der Waals surface area (Å²) in [5.41, 5.74) is -0.748. The van der Waals surface area contributed by atoms with Crippen LogP contribution in [-0.4, -0.2) is 31.4 Å². The van der Waals surface area contributed by atoms with Crippen molar-refractivity contribution in [2.75, 3.05) is 13.1 Å². The number of piperidine rings is 1. The molecule has 2 rings (SSSR count). The van der Waals surface area contributed by atoms with Crippen LogP contribution >= 0.6 is 0 Å². The highest BCUT2D eigenvalue weighted by Gasteiger charge is 2.23. The highest BCUT2D eigenvalue weighted by Crippen LogP contribution is 2.21. The molecule has 0 bridgehead atoms. The molecule has 1 aromatic rings. The number of hydrazine groups is 1. The summed E-state index contributed by atoms with van der Waals surface area (Å²) in [6.45, 7) is 1.18. The van der Waals surface area contributed by atoms with Crippen LogP contribution in [-0.2, 0) is 10.0 Å². The number of nitro groups is 1. The van der Waals surface area contributed by atoms with E-state index in [9.17, 15) is 22.9 Å². The first-order valence-electron chi connectivity index (χ1n) is 6.11. The van der Waals surface area contributed by atoms with E-state index < -0.39 is 26.5 Å². The highest BCUT2D eigenvalue weighted by molar-refractivity contribution is 7.89. The zero-order valence-corrected chi connectivity index (χ0v) is 11.4. The van der Waals surface area contributed by atoms with Gasteiger partial charge in [0.25, 0.3) is 10.0 Å². The third-order valence-corrected chi connectivity index (χ3v) is 4.40. The molecule has 0 radical (unpaired) electrons. The SMILES string of the molecule is O=[N+]([O-])c1ccc(S(=O)(=O)NN2CCCCC2)cc1F. The number of nitrogens with zero attached hydrogens (tertiary/aromatic N) is 2. The van der Waals surface area contributed by atoms with Crippen molar-refractivity contribution in [2.24, 2.45) is 0 Å². The third-order valence-electron chi connectivity index (χ3n) is 3.03. The summed E-state index contributed by atoms with van der Waals surface area (Å²) in [6, 6.07) is 2.53. The van der Waals surface area contributed by atoms with E-state index in [1.807, 2.05) is 0 Å². The second-order valence-electron chi connectivity index (χ2n) is 4.51. The molecular formula is C11H14FN3O4S. The van der Waals surface area contributed by atoms with E-state index in [0.717, 1.165) is 31.4 Å². The molecule has 1 aliphatic heterocycles. The van der Waals surface area contributed by atoms with Gasteiger partial charge in [0.05, 0.1) is 9.82 Å². The number of rotatable bonds is 4. The molecule has 20 heavy (non-hydrogen) atoms. The van der Waals surface area contributed by atoms with E-state index in [2.05, 4.69) is 4.83 Å². The number of benzene rings is 1. The van der Waals surface area contributed by atoms with Gasteiger partial charge in [-0.15, -0.1) is 4.83 Å². The Hall–Kier alpha value is -1.58. The molecule has 1 aliphatic rings. The minimum absolute atomic E-state index is 0.328. The predicted molar refractivity (Wildman–Crippen MR) is 68.8 cm³/mol. The summed E-state index contributed by atoms with van der Waals surface area (Å²) in [4.78, 5) is 11.6. The summed E-state index contributed by atoms with van der Waals surface area (Å²) in [7, 11) is -3.91. The third kappa shape index (κ3) is 3.30. The topological polar surface area (TPSA) is 92.5 Å². The summed E-state index contributed by atoms with van der Waals surface area (Å²) in [6.07, 6.45) is 2.82. The maximum Gasteiger partial charge on any atom is 0.304 e. The van der Waals surface area contributed by atoms with Crippen LogP contribution in [0.5, 0.6) is 0 Å². The molecule has 1 saturated heterocycles. The first kappa shape index (κ1) is 14.8. The van der Waals surface area contributed by atoms with Gasteiger partial charge in [0.2, 0.25) is 5.82 Å². The second-order valence-corrected chi connectivity index (χ2v) is 6.17. The van der Waals surface area contributed by atoms with Crippen LogP contribution < -0.4 is 4.83 Å². The molecule has 1 heterocycles. The van der Waals surface area contributed by atoms with E-state index in [0.29, 0.717) is 19.2 Å². The molecule has 0 amide bonds. The average molecular weight is 303 g/mol. The van der Waals surface area contributed by atoms with Gasteiger partial charge in [-0.3, -0.25) is 10.1 Å². The van der Waals surface area contributed by atoms with Crippen molar-refractivity contribution in [3.63, 3.8) is 0 Å². The minimum atomic E-state index is -3.91. The first-order chi connectivity index (χ1) is 9.40. The number of nitro benzene ring substituents is 1. The number of nitrogens with one attached hydrogen (secondary N) is 1. The Bertz CT molecular complexity index is 614. The molecule has 0 spiro atoms. The molecular weight excluding hydrogens is 289 g/mol. The van der Waals surface area contributed by atoms with E-state index in [1.165, 1.54) is 0 Å². The fraction of sp³-hybridized carbons (Fsp3) is 0.455. The van der Waals surface area contributed by atoms with E-state index in [4.69, 9.17) is 0 Å². The van der Waals surface area contributed by atoms with Gasteiger partial charge in [-0.1, -0.05) is 6.42 Å². The molecule has 0 atom stereocenters. The van der Waals surface area contributed by atoms with Crippen molar-refractivity contribution in [1.29, 1.82) is 0 Å². The van der Waals surface area contributed by atoms with Crippen molar-refractivity contribution < 1.29 is 17.7 Å². The minimum Gasteiger partial charge on any atom is -0.258 e. The standard InChI is InChI=1S/C11H14FN3O4S/c12-10-8-9(4-5-11(10)15(16)17)20(18,19)13-14-6-2-1-3-7-14/h4-5,8,13H,1-3,6-7H2. The van der Waals surface area contributed by atoms with Gasteiger partial charge in [0.15, 0.2) is 0 Å². The van der Waals surface area contributed by atoms with E-state index >= 15 is 0 Å². The number of sulfonamides is 1. The Balaban J connectivity index is 2.20. The molecule has 0 saturated carbocycles. The summed E-state index contributed by atoms with van der Waals surface area (Å²) >= 11 is 0. The molecule has 0 aromatic heterocycles. The van der Waals surface area contributed by atoms with Crippen LogP contribution in [0.3, 0.4) is 0 Å². The molecule has 9 heteroatoms. The van der Waals surface area contributed by atoms with Gasteiger partial charge < -0.3 is 0 Å². The monoisotopic (exact) mass is 303 g/mol. The van der Waals surface area contributed by atoms with Crippen LogP contribution in [0, 0.1) is 15.9 Å². The number of halogens is 1. The Morgan fingerprint density at radius 1 is 1.25 bits per heavy atom. The maximum absolute atomic E-state index is 13.5. The average Bonchev–Trinajstić information content (AvgIpc) is 2.38. The lowest BCUT2D eigenvalue weighted by Crippen LogP contribution is -2.44. The van der Waals surface area contributed by atoms with Crippen molar-refractivity contribution >= 4 is 15.7 Å². The molecule has 1 N–H and O–H groups in total. The zero-order chi connectivity index (χ0) is 14.8. The Labute approximate surface area is 115 Å². The molecule has 1 aromatic carbocycles. The predicted octanol–water partition coefficient (Wildman–Crippen LogP) is 1.41. The smallest absolute Gasteiger partial charge is 0.258 e. The lowest BCUT2D eigenvalue weighted by molar-refractivity contribution is -0.387. The summed E-state index contributed by atoms with van der Waals surface area (Å²) in [5, 5.41) is 12.0. The van der Waals surface area contributed by atoms with Crippen molar-refractivity contribution in [2.45, 2.75) is 24.2 Å². The molecule has 0 unspecified atom stereocenters. The fourth-order valence-electron chi connectivity index (χ4n) is 2.01. The van der Waals surface area contributed by atoms with Gasteiger partial charge in [0, 0.05) is 25.2 Å². The fourth-order valence-corrected chi connectivity index (χ4v) is 3.14. The van der Waals surface area contributed by atoms with Crippen LogP contribution in [0.15, 0.2) is 23.1 Å². The van der Waals surface area contributed by atoms with Crippen LogP contribution in [0.4, 0.5) is 10.1 Å². The first-order valence-corrected chi connectivity index (χ1v) is 7.60. The lowest BCUT2D eigenvalue weighted by atomic mass is 10.2. The molecule has 1 fully saturated rings. The normalized spacial score (nSPS) is 17.1. The van der Waals surface area contributed by atoms with E-state index in [-0.39, 0.29) is 4.90 Å². The number of hydrogen-bond acceptors (Lipinski definition) is 5. The van der Waals surface area contributed by atoms with Crippen LogP contribution in [0.25, 0.3) is 0 Å². The van der Waals surface area contributed by atoms with Gasteiger partial charge in [-0.2, -0.15) is 4.39 Å². The van der Waals surface area contributed by atoms with Crippen molar-refractivity contribution in [3.05, 3.63) is 34.1 Å². The van der Waals surface area contributed by atoms with Crippen LogP contribution in [0.2, 0.25) is 0 Å². The van der Waals surface area contributed by atoms with Gasteiger partial charge in [0.1, 0.15) is 0 Å². The number of hydrogen-bond donors (Lipinski definition) is 1. The summed E-state index contributed by atoms with van der Waals surface area (Å²) in [5.74, 6) is -1.17. The Morgan fingerprint density at radius 3 is 2.45 bits per heavy atom. The lowest BCUT2D eigenvalue weighted by Gasteiger charge is -2.26. The van der Waals surface area contributed by atoms with Crippen molar-refractivity contribution in [3.8, 4) is 0 Å². The van der Waals surface area contributed by atoms with Gasteiger partial charge in [-0.25, -0.2) is 13.4 Å². The largest absolute Gasteiger partial charge is 0.304 e.